The standard InChI is InChI=1S/C21H20FN3O3/c1-12-11-23-17(10-18(12)25-13(2)8-14(26)9-19(25)27)15-6-5-7-16(20(15)22)21(28)24(3)4/h5-11,26H,1-4H3. The summed E-state index contributed by atoms with van der Waals surface area (Å²) in [5.74, 6) is -1.23. The molecule has 2 heterocycles. The van der Waals surface area contributed by atoms with Crippen molar-refractivity contribution in [2.24, 2.45) is 0 Å². The van der Waals surface area contributed by atoms with Gasteiger partial charge >= 0.3 is 0 Å². The fourth-order valence-electron chi connectivity index (χ4n) is 3.03. The summed E-state index contributed by atoms with van der Waals surface area (Å²) in [6.45, 7) is 3.48. The van der Waals surface area contributed by atoms with Gasteiger partial charge < -0.3 is 10.0 Å². The zero-order chi connectivity index (χ0) is 20.6. The first-order valence-electron chi connectivity index (χ1n) is 8.61. The molecule has 0 fully saturated rings. The second-order valence-corrected chi connectivity index (χ2v) is 6.75. The Labute approximate surface area is 161 Å². The molecule has 0 spiro atoms. The molecule has 0 aliphatic carbocycles. The molecule has 0 aliphatic heterocycles. The monoisotopic (exact) mass is 381 g/mol. The molecule has 144 valence electrons. The van der Waals surface area contributed by atoms with Crippen LogP contribution in [0.3, 0.4) is 0 Å². The van der Waals surface area contributed by atoms with Gasteiger partial charge in [0.2, 0.25) is 0 Å². The van der Waals surface area contributed by atoms with Gasteiger partial charge in [-0.2, -0.15) is 0 Å². The van der Waals surface area contributed by atoms with E-state index in [2.05, 4.69) is 4.98 Å². The molecule has 0 aliphatic rings. The maximum atomic E-state index is 15.0. The Morgan fingerprint density at radius 2 is 1.89 bits per heavy atom. The van der Waals surface area contributed by atoms with Gasteiger partial charge in [-0.1, -0.05) is 6.07 Å². The number of aryl methyl sites for hydroxylation is 2. The molecule has 3 rings (SSSR count). The van der Waals surface area contributed by atoms with Gasteiger partial charge in [0.25, 0.3) is 11.5 Å². The maximum Gasteiger partial charge on any atom is 0.258 e. The van der Waals surface area contributed by atoms with Crippen molar-refractivity contribution >= 4 is 5.91 Å². The first-order chi connectivity index (χ1) is 13.2. The topological polar surface area (TPSA) is 75.4 Å². The molecule has 1 N–H and O–H groups in total. The van der Waals surface area contributed by atoms with E-state index in [-0.39, 0.29) is 16.9 Å². The van der Waals surface area contributed by atoms with Crippen LogP contribution >= 0.6 is 0 Å². The minimum atomic E-state index is -0.668. The zero-order valence-electron chi connectivity index (χ0n) is 16.0. The number of aromatic hydroxyl groups is 1. The lowest BCUT2D eigenvalue weighted by atomic mass is 10.0. The molecule has 0 bridgehead atoms. The summed E-state index contributed by atoms with van der Waals surface area (Å²) < 4.78 is 16.4. The van der Waals surface area contributed by atoms with Gasteiger partial charge in [-0.15, -0.1) is 0 Å². The Morgan fingerprint density at radius 3 is 2.54 bits per heavy atom. The highest BCUT2D eigenvalue weighted by Gasteiger charge is 2.19. The Bertz CT molecular complexity index is 1140. The smallest absolute Gasteiger partial charge is 0.258 e. The zero-order valence-corrected chi connectivity index (χ0v) is 16.0. The first kappa shape index (κ1) is 19.3. The lowest BCUT2D eigenvalue weighted by molar-refractivity contribution is 0.0823. The Morgan fingerprint density at radius 1 is 1.18 bits per heavy atom. The second kappa shape index (κ2) is 7.26. The number of benzene rings is 1. The van der Waals surface area contributed by atoms with Gasteiger partial charge in [-0.25, -0.2) is 4.39 Å². The largest absolute Gasteiger partial charge is 0.508 e. The van der Waals surface area contributed by atoms with Gasteiger partial charge in [-0.05, 0) is 43.7 Å². The molecule has 1 amide bonds. The maximum absolute atomic E-state index is 15.0. The van der Waals surface area contributed by atoms with E-state index < -0.39 is 17.3 Å². The van der Waals surface area contributed by atoms with Crippen LogP contribution in [-0.4, -0.2) is 39.6 Å². The summed E-state index contributed by atoms with van der Waals surface area (Å²) in [5, 5.41) is 9.62. The van der Waals surface area contributed by atoms with Crippen LogP contribution < -0.4 is 5.56 Å². The van der Waals surface area contributed by atoms with Crippen LogP contribution in [0.2, 0.25) is 0 Å². The number of carbonyl (C=O) groups is 1. The second-order valence-electron chi connectivity index (χ2n) is 6.75. The van der Waals surface area contributed by atoms with Crippen LogP contribution in [0.25, 0.3) is 16.9 Å². The number of aromatic nitrogens is 2. The van der Waals surface area contributed by atoms with E-state index >= 15 is 4.39 Å². The molecule has 0 radical (unpaired) electrons. The molecular weight excluding hydrogens is 361 g/mol. The van der Waals surface area contributed by atoms with E-state index in [1.165, 1.54) is 27.7 Å². The van der Waals surface area contributed by atoms with E-state index in [0.29, 0.717) is 22.6 Å². The number of hydrogen-bond acceptors (Lipinski definition) is 4. The minimum Gasteiger partial charge on any atom is -0.508 e. The summed E-state index contributed by atoms with van der Waals surface area (Å²) in [7, 11) is 3.10. The van der Waals surface area contributed by atoms with Crippen molar-refractivity contribution in [3.8, 4) is 22.7 Å². The summed E-state index contributed by atoms with van der Waals surface area (Å²) in [6, 6.07) is 8.74. The SMILES string of the molecule is Cc1cnc(-c2cccc(C(=O)N(C)C)c2F)cc1-n1c(C)cc(O)cc1=O. The molecule has 0 saturated heterocycles. The molecule has 28 heavy (non-hydrogen) atoms. The number of rotatable bonds is 3. The average molecular weight is 381 g/mol. The number of pyridine rings is 2. The molecule has 1 aromatic carbocycles. The van der Waals surface area contributed by atoms with Crippen LogP contribution in [0.4, 0.5) is 4.39 Å². The van der Waals surface area contributed by atoms with Crippen molar-refractivity contribution in [2.75, 3.05) is 14.1 Å². The summed E-state index contributed by atoms with van der Waals surface area (Å²) >= 11 is 0. The van der Waals surface area contributed by atoms with Crippen LogP contribution in [0, 0.1) is 19.7 Å². The number of amides is 1. The molecule has 0 atom stereocenters. The Kier molecular flexibility index (Phi) is 5.00. The predicted octanol–water partition coefficient (Wildman–Crippen LogP) is 3.06. The fraction of sp³-hybridized carbons (Fsp3) is 0.190. The Balaban J connectivity index is 2.20. The third-order valence-corrected chi connectivity index (χ3v) is 4.43. The number of halogens is 1. The molecule has 3 aromatic rings. The van der Waals surface area contributed by atoms with Crippen molar-refractivity contribution in [1.82, 2.24) is 14.5 Å². The third-order valence-electron chi connectivity index (χ3n) is 4.43. The Hall–Kier alpha value is -3.48. The number of nitrogens with zero attached hydrogens (tertiary/aromatic N) is 3. The van der Waals surface area contributed by atoms with E-state index in [4.69, 9.17) is 0 Å². The summed E-state index contributed by atoms with van der Waals surface area (Å²) in [6.07, 6.45) is 1.54. The molecule has 7 heteroatoms. The lowest BCUT2D eigenvalue weighted by Gasteiger charge is -2.15. The van der Waals surface area contributed by atoms with Crippen LogP contribution in [0.1, 0.15) is 21.6 Å². The van der Waals surface area contributed by atoms with E-state index in [0.717, 1.165) is 6.07 Å². The molecule has 2 aromatic heterocycles. The van der Waals surface area contributed by atoms with Gasteiger partial charge in [-0.3, -0.25) is 19.1 Å². The van der Waals surface area contributed by atoms with Crippen molar-refractivity contribution < 1.29 is 14.3 Å². The van der Waals surface area contributed by atoms with Crippen molar-refractivity contribution in [3.63, 3.8) is 0 Å². The van der Waals surface area contributed by atoms with Gasteiger partial charge in [0.05, 0.1) is 16.9 Å². The quantitative estimate of drug-likeness (QED) is 0.757. The van der Waals surface area contributed by atoms with Crippen LogP contribution in [0.5, 0.6) is 5.75 Å². The number of carbonyl (C=O) groups excluding carboxylic acids is 1. The highest BCUT2D eigenvalue weighted by Crippen LogP contribution is 2.27. The third kappa shape index (κ3) is 3.38. The fourth-order valence-corrected chi connectivity index (χ4v) is 3.03. The van der Waals surface area contributed by atoms with Crippen molar-refractivity contribution in [3.05, 3.63) is 75.6 Å². The highest BCUT2D eigenvalue weighted by atomic mass is 19.1. The van der Waals surface area contributed by atoms with Gasteiger partial charge in [0.15, 0.2) is 0 Å². The average Bonchev–Trinajstić information content (AvgIpc) is 2.62. The minimum absolute atomic E-state index is 0.0515. The van der Waals surface area contributed by atoms with Gasteiger partial charge in [0, 0.05) is 37.6 Å². The highest BCUT2D eigenvalue weighted by molar-refractivity contribution is 5.95. The normalized spacial score (nSPS) is 10.8. The summed E-state index contributed by atoms with van der Waals surface area (Å²) in [5.41, 5.74) is 1.77. The predicted molar refractivity (Wildman–Crippen MR) is 104 cm³/mol. The first-order valence-corrected chi connectivity index (χ1v) is 8.61. The van der Waals surface area contributed by atoms with E-state index in [9.17, 15) is 14.7 Å². The van der Waals surface area contributed by atoms with Crippen molar-refractivity contribution in [1.29, 1.82) is 0 Å². The van der Waals surface area contributed by atoms with E-state index in [1.807, 2.05) is 0 Å². The molecule has 6 nitrogen and oxygen atoms in total. The molecular formula is C21H20FN3O3. The van der Waals surface area contributed by atoms with Crippen molar-refractivity contribution in [2.45, 2.75) is 13.8 Å². The molecule has 0 unspecified atom stereocenters. The van der Waals surface area contributed by atoms with Crippen LogP contribution in [-0.2, 0) is 0 Å². The lowest BCUT2D eigenvalue weighted by Crippen LogP contribution is -2.23. The number of hydrogen-bond donors (Lipinski definition) is 1. The van der Waals surface area contributed by atoms with Gasteiger partial charge in [0.1, 0.15) is 11.6 Å². The van der Waals surface area contributed by atoms with E-state index in [1.54, 1.807) is 46.3 Å². The summed E-state index contributed by atoms with van der Waals surface area (Å²) in [4.78, 5) is 30.2. The molecule has 0 saturated carbocycles. The van der Waals surface area contributed by atoms with Crippen LogP contribution in [0.15, 0.2) is 47.4 Å².